The van der Waals surface area contributed by atoms with Gasteiger partial charge in [-0.2, -0.15) is 0 Å². The van der Waals surface area contributed by atoms with Crippen molar-refractivity contribution in [1.29, 1.82) is 0 Å². The molecule has 2 aliphatic rings. The topological polar surface area (TPSA) is 3.24 Å². The van der Waals surface area contributed by atoms with E-state index in [-0.39, 0.29) is 5.41 Å². The second kappa shape index (κ2) is 14.3. The van der Waals surface area contributed by atoms with Crippen molar-refractivity contribution in [1.82, 2.24) is 0 Å². The number of rotatable bonds is 6. The third kappa shape index (κ3) is 5.46. The fourth-order valence-electron chi connectivity index (χ4n) is 11.7. The number of anilines is 3. The Labute approximate surface area is 380 Å². The van der Waals surface area contributed by atoms with Crippen LogP contribution in [-0.2, 0) is 10.8 Å². The van der Waals surface area contributed by atoms with Gasteiger partial charge in [0.05, 0.1) is 5.41 Å². The summed E-state index contributed by atoms with van der Waals surface area (Å²) < 4.78 is 0. The van der Waals surface area contributed by atoms with Crippen molar-refractivity contribution in [3.8, 4) is 33.4 Å². The van der Waals surface area contributed by atoms with E-state index in [2.05, 4.69) is 255 Å². The number of nitrogens with zero attached hydrogens (tertiary/aromatic N) is 1. The monoisotopic (exact) mass is 827 g/mol. The van der Waals surface area contributed by atoms with Crippen LogP contribution in [0.4, 0.5) is 17.1 Å². The highest BCUT2D eigenvalue weighted by atomic mass is 15.1. The molecule has 0 saturated carbocycles. The van der Waals surface area contributed by atoms with E-state index in [1.807, 2.05) is 0 Å². The van der Waals surface area contributed by atoms with Gasteiger partial charge in [0.1, 0.15) is 0 Å². The first kappa shape index (κ1) is 37.5. The standard InChI is InChI=1S/C64H45N/c1-63(2)59-27-15-13-25-54(59)56-37-34-47(40-61(56)63)65(46-32-29-42(30-33-46)43-31-36-53-51-23-10-9-21-49(51)50-22-11-12-24-52(50)58(53)39-43)48-35-38-57-55-26-14-16-28-60(55)64(62(57)41-48,44-17-5-3-6-18-44)45-19-7-4-8-20-45/h3-41H,1-2H3. The van der Waals surface area contributed by atoms with Crippen molar-refractivity contribution < 1.29 is 0 Å². The first-order valence-electron chi connectivity index (χ1n) is 22.8. The molecule has 0 heterocycles. The molecular formula is C64H45N. The number of hydrogen-bond acceptors (Lipinski definition) is 1. The lowest BCUT2D eigenvalue weighted by Gasteiger charge is -2.35. The molecule has 306 valence electrons. The zero-order valence-corrected chi connectivity index (χ0v) is 36.5. The quantitative estimate of drug-likeness (QED) is 0.151. The predicted octanol–water partition coefficient (Wildman–Crippen LogP) is 17.0. The summed E-state index contributed by atoms with van der Waals surface area (Å²) >= 11 is 0. The van der Waals surface area contributed by atoms with Gasteiger partial charge in [-0.25, -0.2) is 0 Å². The third-order valence-electron chi connectivity index (χ3n) is 14.7. The first-order chi connectivity index (χ1) is 32.0. The molecule has 0 fully saturated rings. The summed E-state index contributed by atoms with van der Waals surface area (Å²) in [6.07, 6.45) is 0. The molecule has 0 atom stereocenters. The van der Waals surface area contributed by atoms with Crippen molar-refractivity contribution in [2.24, 2.45) is 0 Å². The molecule has 0 unspecified atom stereocenters. The van der Waals surface area contributed by atoms with Crippen LogP contribution in [0.3, 0.4) is 0 Å². The largest absolute Gasteiger partial charge is 0.310 e. The van der Waals surface area contributed by atoms with Crippen LogP contribution in [0, 0.1) is 0 Å². The molecule has 0 spiro atoms. The van der Waals surface area contributed by atoms with Crippen LogP contribution < -0.4 is 4.90 Å². The van der Waals surface area contributed by atoms with E-state index >= 15 is 0 Å². The summed E-state index contributed by atoms with van der Waals surface area (Å²) in [6, 6.07) is 88.4. The van der Waals surface area contributed by atoms with Gasteiger partial charge in [0.15, 0.2) is 0 Å². The molecule has 11 aromatic rings. The van der Waals surface area contributed by atoms with E-state index in [0.717, 1.165) is 17.1 Å². The highest BCUT2D eigenvalue weighted by Crippen LogP contribution is 2.58. The van der Waals surface area contributed by atoms with Gasteiger partial charge in [0.25, 0.3) is 0 Å². The zero-order chi connectivity index (χ0) is 43.3. The molecule has 0 aliphatic heterocycles. The van der Waals surface area contributed by atoms with Crippen LogP contribution in [0.5, 0.6) is 0 Å². The minimum atomic E-state index is -0.507. The fraction of sp³-hybridized carbons (Fsp3) is 0.0625. The summed E-state index contributed by atoms with van der Waals surface area (Å²) in [5.74, 6) is 0. The summed E-state index contributed by atoms with van der Waals surface area (Å²) in [5, 5.41) is 7.73. The molecule has 0 aromatic heterocycles. The average molecular weight is 828 g/mol. The van der Waals surface area contributed by atoms with Gasteiger partial charge in [-0.3, -0.25) is 0 Å². The Morgan fingerprint density at radius 3 is 1.29 bits per heavy atom. The Kier molecular flexibility index (Phi) is 8.24. The normalized spacial score (nSPS) is 13.9. The molecule has 1 heteroatoms. The maximum absolute atomic E-state index is 2.48. The Balaban J connectivity index is 1.01. The van der Waals surface area contributed by atoms with Crippen LogP contribution in [0.2, 0.25) is 0 Å². The molecule has 11 aromatic carbocycles. The Hall–Kier alpha value is -8.00. The Morgan fingerprint density at radius 1 is 0.277 bits per heavy atom. The molecule has 2 aliphatic carbocycles. The van der Waals surface area contributed by atoms with E-state index in [9.17, 15) is 0 Å². The van der Waals surface area contributed by atoms with Crippen LogP contribution in [0.25, 0.3) is 65.7 Å². The van der Waals surface area contributed by atoms with Crippen LogP contribution in [0.15, 0.2) is 237 Å². The number of fused-ring (bicyclic) bond motifs is 12. The van der Waals surface area contributed by atoms with E-state index in [0.29, 0.717) is 0 Å². The van der Waals surface area contributed by atoms with Crippen molar-refractivity contribution in [2.45, 2.75) is 24.7 Å². The first-order valence-corrected chi connectivity index (χ1v) is 22.8. The van der Waals surface area contributed by atoms with E-state index < -0.39 is 5.41 Å². The second-order valence-electron chi connectivity index (χ2n) is 18.4. The van der Waals surface area contributed by atoms with Gasteiger partial charge in [-0.05, 0) is 142 Å². The van der Waals surface area contributed by atoms with Gasteiger partial charge in [-0.1, -0.05) is 208 Å². The van der Waals surface area contributed by atoms with E-state index in [4.69, 9.17) is 0 Å². The van der Waals surface area contributed by atoms with Crippen molar-refractivity contribution in [3.63, 3.8) is 0 Å². The fourth-order valence-corrected chi connectivity index (χ4v) is 11.7. The minimum Gasteiger partial charge on any atom is -0.310 e. The molecule has 65 heavy (non-hydrogen) atoms. The maximum atomic E-state index is 2.48. The highest BCUT2D eigenvalue weighted by molar-refractivity contribution is 6.25. The van der Waals surface area contributed by atoms with Crippen molar-refractivity contribution >= 4 is 49.4 Å². The lowest BCUT2D eigenvalue weighted by Crippen LogP contribution is -2.28. The minimum absolute atomic E-state index is 0.140. The lowest BCUT2D eigenvalue weighted by molar-refractivity contribution is 0.660. The molecular weight excluding hydrogens is 783 g/mol. The zero-order valence-electron chi connectivity index (χ0n) is 36.5. The van der Waals surface area contributed by atoms with E-state index in [1.165, 1.54) is 99.1 Å². The van der Waals surface area contributed by atoms with Gasteiger partial charge in [-0.15, -0.1) is 0 Å². The van der Waals surface area contributed by atoms with Gasteiger partial charge in [0, 0.05) is 22.5 Å². The number of benzene rings is 11. The van der Waals surface area contributed by atoms with Crippen molar-refractivity contribution in [2.75, 3.05) is 4.90 Å². The molecule has 1 nitrogen and oxygen atoms in total. The Bertz CT molecular complexity index is 3600. The number of hydrogen-bond donors (Lipinski definition) is 0. The van der Waals surface area contributed by atoms with Crippen molar-refractivity contribution in [3.05, 3.63) is 270 Å². The molecule has 0 N–H and O–H groups in total. The average Bonchev–Trinajstić information content (AvgIpc) is 3.79. The molecule has 0 radical (unpaired) electrons. The van der Waals surface area contributed by atoms with Crippen LogP contribution >= 0.6 is 0 Å². The Morgan fingerprint density at radius 2 is 0.692 bits per heavy atom. The summed E-state index contributed by atoms with van der Waals surface area (Å²) in [4.78, 5) is 2.48. The van der Waals surface area contributed by atoms with Crippen LogP contribution in [0.1, 0.15) is 47.2 Å². The molecule has 0 amide bonds. The lowest BCUT2D eigenvalue weighted by atomic mass is 9.67. The van der Waals surface area contributed by atoms with Crippen LogP contribution in [-0.4, -0.2) is 0 Å². The predicted molar refractivity (Wildman–Crippen MR) is 274 cm³/mol. The van der Waals surface area contributed by atoms with E-state index in [1.54, 1.807) is 0 Å². The van der Waals surface area contributed by atoms with Gasteiger partial charge in [0.2, 0.25) is 0 Å². The maximum Gasteiger partial charge on any atom is 0.0714 e. The van der Waals surface area contributed by atoms with Gasteiger partial charge < -0.3 is 4.90 Å². The second-order valence-corrected chi connectivity index (χ2v) is 18.4. The molecule has 0 saturated heterocycles. The third-order valence-corrected chi connectivity index (χ3v) is 14.7. The summed E-state index contributed by atoms with van der Waals surface area (Å²) in [5.41, 5.74) is 18.2. The summed E-state index contributed by atoms with van der Waals surface area (Å²) in [6.45, 7) is 4.74. The SMILES string of the molecule is CC1(C)c2ccccc2-c2ccc(N(c3ccc(-c4ccc5c6ccccc6c6ccccc6c5c4)cc3)c3ccc4c(c3)C(c3ccccc3)(c3ccccc3)c3ccccc3-4)cc21. The molecule has 13 rings (SSSR count). The smallest absolute Gasteiger partial charge is 0.0714 e. The summed E-state index contributed by atoms with van der Waals surface area (Å²) in [7, 11) is 0. The highest BCUT2D eigenvalue weighted by Gasteiger charge is 2.46. The van der Waals surface area contributed by atoms with Gasteiger partial charge >= 0.3 is 0 Å². The molecule has 0 bridgehead atoms.